The third kappa shape index (κ3) is 2.41. The van der Waals surface area contributed by atoms with Crippen LogP contribution in [0.4, 0.5) is 5.82 Å². The monoisotopic (exact) mass is 312 g/mol. The molecule has 118 valence electrons. The van der Waals surface area contributed by atoms with E-state index in [2.05, 4.69) is 25.0 Å². The Hall–Kier alpha value is -2.90. The molecule has 0 bridgehead atoms. The van der Waals surface area contributed by atoms with Crippen LogP contribution in [-0.4, -0.2) is 48.9 Å². The molecule has 23 heavy (non-hydrogen) atoms. The third-order valence-electron chi connectivity index (χ3n) is 4.23. The molecule has 4 rings (SSSR count). The molecule has 0 spiro atoms. The lowest BCUT2D eigenvalue weighted by atomic mass is 10.1. The molecule has 8 nitrogen and oxygen atoms in total. The minimum Gasteiger partial charge on any atom is -0.476 e. The first-order valence-electron chi connectivity index (χ1n) is 7.54. The SMILES string of the molecule is O=C(O)c1ccn(C2CCCN(c3ncnc4[nH]ccc34)C2)n1. The van der Waals surface area contributed by atoms with Crippen LogP contribution in [0, 0.1) is 0 Å². The number of carboxylic acid groups (broad SMARTS) is 1. The van der Waals surface area contributed by atoms with Gasteiger partial charge in [-0.1, -0.05) is 0 Å². The van der Waals surface area contributed by atoms with E-state index in [0.717, 1.165) is 42.8 Å². The standard InChI is InChI=1S/C15H16N6O2/c22-15(23)12-4-7-21(19-12)10-2-1-6-20(8-10)14-11-3-5-16-13(11)17-9-18-14/h3-5,7,9-10H,1-2,6,8H2,(H,22,23)(H,16,17,18). The van der Waals surface area contributed by atoms with Crippen molar-refractivity contribution < 1.29 is 9.90 Å². The zero-order valence-corrected chi connectivity index (χ0v) is 12.4. The number of rotatable bonds is 3. The van der Waals surface area contributed by atoms with Gasteiger partial charge in [0.15, 0.2) is 5.69 Å². The molecule has 1 fully saturated rings. The number of aromatic carboxylic acids is 1. The molecule has 0 aromatic carbocycles. The first kappa shape index (κ1) is 13.7. The van der Waals surface area contributed by atoms with Crippen molar-refractivity contribution in [3.8, 4) is 0 Å². The molecular weight excluding hydrogens is 296 g/mol. The van der Waals surface area contributed by atoms with Crippen LogP contribution in [0.1, 0.15) is 29.4 Å². The number of nitrogens with zero attached hydrogens (tertiary/aromatic N) is 5. The lowest BCUT2D eigenvalue weighted by molar-refractivity contribution is 0.0689. The maximum atomic E-state index is 11.0. The highest BCUT2D eigenvalue weighted by molar-refractivity contribution is 5.87. The number of anilines is 1. The van der Waals surface area contributed by atoms with E-state index in [-0.39, 0.29) is 11.7 Å². The van der Waals surface area contributed by atoms with Gasteiger partial charge in [0.25, 0.3) is 0 Å². The second kappa shape index (κ2) is 5.38. The summed E-state index contributed by atoms with van der Waals surface area (Å²) in [4.78, 5) is 25.0. The number of piperidine rings is 1. The summed E-state index contributed by atoms with van der Waals surface area (Å²) in [6, 6.07) is 3.65. The second-order valence-corrected chi connectivity index (χ2v) is 5.67. The van der Waals surface area contributed by atoms with Crippen molar-refractivity contribution in [1.82, 2.24) is 24.7 Å². The number of aromatic nitrogens is 5. The molecule has 8 heteroatoms. The van der Waals surface area contributed by atoms with E-state index in [1.165, 1.54) is 6.07 Å². The molecular formula is C15H16N6O2. The predicted octanol–water partition coefficient (Wildman–Crippen LogP) is 1.69. The first-order chi connectivity index (χ1) is 11.2. The Balaban J connectivity index is 1.61. The summed E-state index contributed by atoms with van der Waals surface area (Å²) in [6.45, 7) is 1.67. The van der Waals surface area contributed by atoms with Crippen molar-refractivity contribution in [3.05, 3.63) is 36.5 Å². The molecule has 2 N–H and O–H groups in total. The van der Waals surface area contributed by atoms with E-state index >= 15 is 0 Å². The second-order valence-electron chi connectivity index (χ2n) is 5.67. The molecule has 1 unspecified atom stereocenters. The van der Waals surface area contributed by atoms with E-state index in [1.54, 1.807) is 17.2 Å². The van der Waals surface area contributed by atoms with Gasteiger partial charge in [0.1, 0.15) is 17.8 Å². The Bertz CT molecular complexity index is 854. The van der Waals surface area contributed by atoms with Crippen molar-refractivity contribution in [3.63, 3.8) is 0 Å². The largest absolute Gasteiger partial charge is 0.476 e. The van der Waals surface area contributed by atoms with Gasteiger partial charge in [0.05, 0.1) is 11.4 Å². The molecule has 0 radical (unpaired) electrons. The van der Waals surface area contributed by atoms with Gasteiger partial charge < -0.3 is 15.0 Å². The van der Waals surface area contributed by atoms with E-state index in [1.807, 2.05) is 12.3 Å². The lowest BCUT2D eigenvalue weighted by Gasteiger charge is -2.33. The zero-order chi connectivity index (χ0) is 15.8. The van der Waals surface area contributed by atoms with E-state index in [4.69, 9.17) is 5.11 Å². The van der Waals surface area contributed by atoms with Gasteiger partial charge in [0, 0.05) is 25.5 Å². The van der Waals surface area contributed by atoms with Crippen molar-refractivity contribution in [2.45, 2.75) is 18.9 Å². The summed E-state index contributed by atoms with van der Waals surface area (Å²) in [6.07, 6.45) is 7.13. The van der Waals surface area contributed by atoms with Crippen LogP contribution in [0.2, 0.25) is 0 Å². The molecule has 3 aromatic rings. The highest BCUT2D eigenvalue weighted by Crippen LogP contribution is 2.28. The average Bonchev–Trinajstić information content (AvgIpc) is 3.24. The summed E-state index contributed by atoms with van der Waals surface area (Å²) >= 11 is 0. The van der Waals surface area contributed by atoms with Gasteiger partial charge >= 0.3 is 5.97 Å². The minimum absolute atomic E-state index is 0.0807. The fourth-order valence-electron chi connectivity index (χ4n) is 3.13. The molecule has 1 saturated heterocycles. The van der Waals surface area contributed by atoms with Crippen LogP contribution in [0.3, 0.4) is 0 Å². The number of fused-ring (bicyclic) bond motifs is 1. The molecule has 1 atom stereocenters. The van der Waals surface area contributed by atoms with E-state index < -0.39 is 5.97 Å². The minimum atomic E-state index is -0.999. The Morgan fingerprint density at radius 2 is 2.26 bits per heavy atom. The summed E-state index contributed by atoms with van der Waals surface area (Å²) in [5, 5.41) is 14.2. The maximum absolute atomic E-state index is 11.0. The number of carboxylic acids is 1. The van der Waals surface area contributed by atoms with Crippen LogP contribution in [0.25, 0.3) is 11.0 Å². The van der Waals surface area contributed by atoms with Gasteiger partial charge in [-0.3, -0.25) is 4.68 Å². The van der Waals surface area contributed by atoms with Crippen LogP contribution in [0.5, 0.6) is 0 Å². The van der Waals surface area contributed by atoms with Crippen molar-refractivity contribution in [2.24, 2.45) is 0 Å². The van der Waals surface area contributed by atoms with Crippen LogP contribution in [-0.2, 0) is 0 Å². The summed E-state index contributed by atoms with van der Waals surface area (Å²) in [7, 11) is 0. The smallest absolute Gasteiger partial charge is 0.356 e. The fraction of sp³-hybridized carbons (Fsp3) is 0.333. The zero-order valence-electron chi connectivity index (χ0n) is 12.4. The Labute approximate surface area is 131 Å². The number of nitrogens with one attached hydrogen (secondary N) is 1. The number of hydrogen-bond donors (Lipinski definition) is 2. The normalized spacial score (nSPS) is 18.4. The molecule has 0 aliphatic carbocycles. The van der Waals surface area contributed by atoms with Crippen molar-refractivity contribution >= 4 is 22.8 Å². The topological polar surface area (TPSA) is 99.9 Å². The lowest BCUT2D eigenvalue weighted by Crippen LogP contribution is -2.37. The van der Waals surface area contributed by atoms with Gasteiger partial charge in [-0.2, -0.15) is 5.10 Å². The number of carbonyl (C=O) groups is 1. The summed E-state index contributed by atoms with van der Waals surface area (Å²) in [5.74, 6) is -0.0900. The molecule has 1 aliphatic rings. The van der Waals surface area contributed by atoms with Crippen LogP contribution < -0.4 is 4.90 Å². The highest BCUT2D eigenvalue weighted by Gasteiger charge is 2.25. The molecule has 1 aliphatic heterocycles. The molecule has 0 saturated carbocycles. The summed E-state index contributed by atoms with van der Waals surface area (Å²) in [5.41, 5.74) is 0.904. The average molecular weight is 312 g/mol. The predicted molar refractivity (Wildman–Crippen MR) is 83.6 cm³/mol. The number of H-pyrrole nitrogens is 1. The van der Waals surface area contributed by atoms with Gasteiger partial charge in [0.2, 0.25) is 0 Å². The van der Waals surface area contributed by atoms with Crippen LogP contribution >= 0.6 is 0 Å². The Morgan fingerprint density at radius 3 is 3.09 bits per heavy atom. The first-order valence-corrected chi connectivity index (χ1v) is 7.54. The quantitative estimate of drug-likeness (QED) is 0.763. The molecule has 3 aromatic heterocycles. The Morgan fingerprint density at radius 1 is 1.35 bits per heavy atom. The highest BCUT2D eigenvalue weighted by atomic mass is 16.4. The molecule has 4 heterocycles. The summed E-state index contributed by atoms with van der Waals surface area (Å²) < 4.78 is 1.76. The van der Waals surface area contributed by atoms with E-state index in [9.17, 15) is 4.79 Å². The van der Waals surface area contributed by atoms with Crippen molar-refractivity contribution in [1.29, 1.82) is 0 Å². The third-order valence-corrected chi connectivity index (χ3v) is 4.23. The van der Waals surface area contributed by atoms with Gasteiger partial charge in [-0.05, 0) is 25.0 Å². The van der Waals surface area contributed by atoms with Gasteiger partial charge in [-0.25, -0.2) is 14.8 Å². The maximum Gasteiger partial charge on any atom is 0.356 e. The van der Waals surface area contributed by atoms with Gasteiger partial charge in [-0.15, -0.1) is 0 Å². The van der Waals surface area contributed by atoms with Crippen molar-refractivity contribution in [2.75, 3.05) is 18.0 Å². The number of aromatic amines is 1. The Kier molecular flexibility index (Phi) is 3.22. The number of hydrogen-bond acceptors (Lipinski definition) is 5. The molecule has 0 amide bonds. The van der Waals surface area contributed by atoms with E-state index in [0.29, 0.717) is 0 Å². The fourth-order valence-corrected chi connectivity index (χ4v) is 3.13. The van der Waals surface area contributed by atoms with Crippen LogP contribution in [0.15, 0.2) is 30.9 Å².